The summed E-state index contributed by atoms with van der Waals surface area (Å²) in [4.78, 5) is 0.279. The lowest BCUT2D eigenvalue weighted by Gasteiger charge is -2.05. The fraction of sp³-hybridized carbons (Fsp3) is 0.238. The van der Waals surface area contributed by atoms with Crippen LogP contribution >= 0.6 is 0 Å². The second-order valence-corrected chi connectivity index (χ2v) is 13.7. The van der Waals surface area contributed by atoms with Gasteiger partial charge in [0.05, 0.1) is 4.90 Å². The van der Waals surface area contributed by atoms with Gasteiger partial charge in [0, 0.05) is 12.1 Å². The van der Waals surface area contributed by atoms with Crippen LogP contribution in [0.15, 0.2) is 59.5 Å². The normalized spacial score (nSPS) is 12.0. The van der Waals surface area contributed by atoms with Gasteiger partial charge < -0.3 is 0 Å². The molecule has 0 aliphatic heterocycles. The lowest BCUT2D eigenvalue weighted by Crippen LogP contribution is -2.23. The molecule has 0 aliphatic carbocycles. The first kappa shape index (κ1) is 20.2. The Morgan fingerprint density at radius 2 is 1.62 bits per heavy atom. The second-order valence-electron chi connectivity index (χ2n) is 7.19. The smallest absolute Gasteiger partial charge is 0.207 e. The minimum absolute atomic E-state index is 0.243. The van der Waals surface area contributed by atoms with E-state index in [-0.39, 0.29) is 11.4 Å². The molecule has 136 valence electrons. The highest BCUT2D eigenvalue weighted by Gasteiger charge is 2.11. The maximum absolute atomic E-state index is 12.2. The SMILES string of the molecule is Cc1ccc(S(=O)(=O)NCC=Cc2ccc(C#C[Si](C)(C)C)cc2)cc1. The Morgan fingerprint density at radius 1 is 1.00 bits per heavy atom. The van der Waals surface area contributed by atoms with E-state index in [1.165, 1.54) is 0 Å². The van der Waals surface area contributed by atoms with Crippen molar-refractivity contribution in [3.63, 3.8) is 0 Å². The van der Waals surface area contributed by atoms with E-state index in [4.69, 9.17) is 0 Å². The van der Waals surface area contributed by atoms with E-state index >= 15 is 0 Å². The first-order chi connectivity index (χ1) is 12.2. The van der Waals surface area contributed by atoms with Crippen molar-refractivity contribution in [2.75, 3.05) is 6.54 Å². The van der Waals surface area contributed by atoms with E-state index in [1.54, 1.807) is 30.3 Å². The van der Waals surface area contributed by atoms with Crippen molar-refractivity contribution in [2.24, 2.45) is 0 Å². The molecule has 0 radical (unpaired) electrons. The summed E-state index contributed by atoms with van der Waals surface area (Å²) in [5, 5.41) is 0. The number of hydrogen-bond donors (Lipinski definition) is 1. The van der Waals surface area contributed by atoms with Crippen LogP contribution in [0.4, 0.5) is 0 Å². The van der Waals surface area contributed by atoms with Crippen LogP contribution in [-0.4, -0.2) is 23.0 Å². The molecule has 5 heteroatoms. The Labute approximate surface area is 158 Å². The number of rotatable bonds is 5. The summed E-state index contributed by atoms with van der Waals surface area (Å²) >= 11 is 0. The average molecular weight is 384 g/mol. The van der Waals surface area contributed by atoms with Gasteiger partial charge in [-0.3, -0.25) is 0 Å². The van der Waals surface area contributed by atoms with Crippen molar-refractivity contribution in [2.45, 2.75) is 31.5 Å². The van der Waals surface area contributed by atoms with E-state index in [9.17, 15) is 8.42 Å². The van der Waals surface area contributed by atoms with Crippen molar-refractivity contribution in [3.8, 4) is 11.5 Å². The molecule has 2 rings (SSSR count). The molecular formula is C21H25NO2SSi. The molecule has 0 heterocycles. The monoisotopic (exact) mass is 383 g/mol. The van der Waals surface area contributed by atoms with Crippen molar-refractivity contribution in [1.82, 2.24) is 4.72 Å². The molecule has 0 amide bonds. The second kappa shape index (κ2) is 8.50. The molecule has 0 atom stereocenters. The highest BCUT2D eigenvalue weighted by Crippen LogP contribution is 2.10. The Bertz CT molecular complexity index is 927. The van der Waals surface area contributed by atoms with Gasteiger partial charge in [-0.15, -0.1) is 5.54 Å². The molecule has 0 saturated heterocycles. The van der Waals surface area contributed by atoms with Gasteiger partial charge >= 0.3 is 0 Å². The Kier molecular flexibility index (Phi) is 6.60. The zero-order valence-electron chi connectivity index (χ0n) is 15.7. The fourth-order valence-electron chi connectivity index (χ4n) is 2.09. The lowest BCUT2D eigenvalue weighted by molar-refractivity contribution is 0.585. The van der Waals surface area contributed by atoms with Gasteiger partial charge in [-0.05, 0) is 36.8 Å². The predicted molar refractivity (Wildman–Crippen MR) is 112 cm³/mol. The largest absolute Gasteiger partial charge is 0.240 e. The van der Waals surface area contributed by atoms with E-state index in [0.717, 1.165) is 16.7 Å². The highest BCUT2D eigenvalue weighted by atomic mass is 32.2. The van der Waals surface area contributed by atoms with E-state index in [0.29, 0.717) is 0 Å². The average Bonchev–Trinajstić information content (AvgIpc) is 2.58. The van der Waals surface area contributed by atoms with Gasteiger partial charge in [-0.2, -0.15) is 0 Å². The van der Waals surface area contributed by atoms with E-state index in [2.05, 4.69) is 35.8 Å². The summed E-state index contributed by atoms with van der Waals surface area (Å²) in [5.41, 5.74) is 6.39. The molecule has 26 heavy (non-hydrogen) atoms. The summed E-state index contributed by atoms with van der Waals surface area (Å²) in [6.45, 7) is 8.82. The van der Waals surface area contributed by atoms with Crippen LogP contribution < -0.4 is 4.72 Å². The highest BCUT2D eigenvalue weighted by molar-refractivity contribution is 7.89. The van der Waals surface area contributed by atoms with Crippen LogP contribution in [0.5, 0.6) is 0 Å². The summed E-state index contributed by atoms with van der Waals surface area (Å²) in [7, 11) is -4.84. The van der Waals surface area contributed by atoms with Gasteiger partial charge in [0.1, 0.15) is 8.07 Å². The lowest BCUT2D eigenvalue weighted by atomic mass is 10.1. The molecule has 3 nitrogen and oxygen atoms in total. The summed E-state index contributed by atoms with van der Waals surface area (Å²) in [6, 6.07) is 14.8. The molecule has 0 spiro atoms. The first-order valence-corrected chi connectivity index (χ1v) is 13.5. The zero-order chi connectivity index (χ0) is 19.2. The molecule has 0 aromatic heterocycles. The number of sulfonamides is 1. The first-order valence-electron chi connectivity index (χ1n) is 8.52. The summed E-state index contributed by atoms with van der Waals surface area (Å²) in [6.07, 6.45) is 3.70. The van der Waals surface area contributed by atoms with Crippen molar-refractivity contribution >= 4 is 24.2 Å². The molecule has 2 aromatic rings. The predicted octanol–water partition coefficient (Wildman–Crippen LogP) is 4.22. The molecule has 0 bridgehead atoms. The molecule has 2 aromatic carbocycles. The molecule has 1 N–H and O–H groups in total. The molecule has 0 unspecified atom stereocenters. The van der Waals surface area contributed by atoms with Gasteiger partial charge in [-0.25, -0.2) is 13.1 Å². The third-order valence-corrected chi connectivity index (χ3v) is 5.84. The molecule has 0 aliphatic rings. The Hall–Kier alpha value is -2.13. The van der Waals surface area contributed by atoms with Gasteiger partial charge in [0.15, 0.2) is 0 Å². The minimum atomic E-state index is -3.48. The Balaban J connectivity index is 1.94. The van der Waals surface area contributed by atoms with Crippen LogP contribution in [0, 0.1) is 18.4 Å². The third-order valence-electron chi connectivity index (χ3n) is 3.53. The third kappa shape index (κ3) is 6.64. The van der Waals surface area contributed by atoms with E-state index < -0.39 is 18.1 Å². The van der Waals surface area contributed by atoms with Crippen LogP contribution in [-0.2, 0) is 10.0 Å². The van der Waals surface area contributed by atoms with Crippen LogP contribution in [0.2, 0.25) is 19.6 Å². The van der Waals surface area contributed by atoms with Gasteiger partial charge in [-0.1, -0.05) is 67.5 Å². The fourth-order valence-corrected chi connectivity index (χ4v) is 3.59. The number of aryl methyl sites for hydroxylation is 1. The minimum Gasteiger partial charge on any atom is -0.207 e. The number of hydrogen-bond acceptors (Lipinski definition) is 2. The standard InChI is InChI=1S/C21H25NO2SSi/c1-18-7-13-21(14-8-18)25(23,24)22-16-5-6-19-9-11-20(12-10-19)15-17-26(2,3)4/h5-14,22H,16H2,1-4H3. The Morgan fingerprint density at radius 3 is 2.19 bits per heavy atom. The maximum atomic E-state index is 12.2. The van der Waals surface area contributed by atoms with Gasteiger partial charge in [0.2, 0.25) is 10.0 Å². The topological polar surface area (TPSA) is 46.2 Å². The summed E-state index contributed by atoms with van der Waals surface area (Å²) in [5.74, 6) is 3.22. The molecule has 0 saturated carbocycles. The van der Waals surface area contributed by atoms with Crippen molar-refractivity contribution in [3.05, 3.63) is 71.3 Å². The van der Waals surface area contributed by atoms with Gasteiger partial charge in [0.25, 0.3) is 0 Å². The quantitative estimate of drug-likeness (QED) is 0.621. The van der Waals surface area contributed by atoms with Crippen molar-refractivity contribution in [1.29, 1.82) is 0 Å². The van der Waals surface area contributed by atoms with Crippen LogP contribution in [0.3, 0.4) is 0 Å². The van der Waals surface area contributed by atoms with Crippen LogP contribution in [0.1, 0.15) is 16.7 Å². The zero-order valence-corrected chi connectivity index (χ0v) is 17.5. The van der Waals surface area contributed by atoms with Crippen molar-refractivity contribution < 1.29 is 8.42 Å². The van der Waals surface area contributed by atoms with Crippen LogP contribution in [0.25, 0.3) is 6.08 Å². The number of nitrogens with one attached hydrogen (secondary N) is 1. The molecular weight excluding hydrogens is 358 g/mol. The summed E-state index contributed by atoms with van der Waals surface area (Å²) < 4.78 is 27.0. The van der Waals surface area contributed by atoms with E-state index in [1.807, 2.05) is 37.3 Å². The molecule has 0 fully saturated rings. The maximum Gasteiger partial charge on any atom is 0.240 e. The number of benzene rings is 2.